The molecule has 4 nitrogen and oxygen atoms in total. The molecule has 108 valence electrons. The molecule has 0 saturated carbocycles. The van der Waals surface area contributed by atoms with Gasteiger partial charge in [0.2, 0.25) is 0 Å². The molecule has 2 heterocycles. The molecule has 0 spiro atoms. The lowest BCUT2D eigenvalue weighted by Gasteiger charge is -2.00. The second-order valence-corrected chi connectivity index (χ2v) is 5.33. The zero-order valence-electron chi connectivity index (χ0n) is 12.4. The molecule has 0 radical (unpaired) electrons. The molecule has 2 aromatic heterocycles. The van der Waals surface area contributed by atoms with Crippen LogP contribution < -0.4 is 0 Å². The van der Waals surface area contributed by atoms with Gasteiger partial charge in [0.15, 0.2) is 5.78 Å². The van der Waals surface area contributed by atoms with Crippen LogP contribution in [0.5, 0.6) is 0 Å². The van der Waals surface area contributed by atoms with Crippen LogP contribution in [0.4, 0.5) is 0 Å². The molecule has 1 aromatic carbocycles. The Kier molecular flexibility index (Phi) is 3.60. The van der Waals surface area contributed by atoms with Gasteiger partial charge < -0.3 is 4.57 Å². The van der Waals surface area contributed by atoms with E-state index in [0.717, 1.165) is 28.6 Å². The van der Waals surface area contributed by atoms with Crippen LogP contribution in [0, 0.1) is 0 Å². The highest BCUT2D eigenvalue weighted by atomic mass is 16.1. The first-order valence-electron chi connectivity index (χ1n) is 7.28. The summed E-state index contributed by atoms with van der Waals surface area (Å²) in [4.78, 5) is 11.9. The third-order valence-corrected chi connectivity index (χ3v) is 3.72. The van der Waals surface area contributed by atoms with Gasteiger partial charge in [0.1, 0.15) is 0 Å². The number of para-hydroxylation sites is 1. The summed E-state index contributed by atoms with van der Waals surface area (Å²) >= 11 is 0. The predicted octanol–water partition coefficient (Wildman–Crippen LogP) is 3.41. The third kappa shape index (κ3) is 2.61. The topological polar surface area (TPSA) is 39.8 Å². The Hall–Kier alpha value is -2.36. The molecule has 0 saturated heterocycles. The molecule has 0 aliphatic rings. The summed E-state index contributed by atoms with van der Waals surface area (Å²) in [5, 5.41) is 5.75. The Morgan fingerprint density at radius 3 is 2.86 bits per heavy atom. The number of carbonyl (C=O) groups excluding carboxylic acids is 1. The lowest BCUT2D eigenvalue weighted by Crippen LogP contribution is -2.00. The van der Waals surface area contributed by atoms with Crippen molar-refractivity contribution in [3.05, 3.63) is 54.0 Å². The van der Waals surface area contributed by atoms with E-state index in [2.05, 4.69) is 17.2 Å². The molecule has 0 aliphatic heterocycles. The quantitative estimate of drug-likeness (QED) is 0.672. The van der Waals surface area contributed by atoms with Crippen molar-refractivity contribution in [1.29, 1.82) is 0 Å². The fourth-order valence-corrected chi connectivity index (χ4v) is 2.65. The van der Waals surface area contributed by atoms with Crippen molar-refractivity contribution >= 4 is 16.7 Å². The number of aromatic nitrogens is 3. The van der Waals surface area contributed by atoms with E-state index >= 15 is 0 Å². The van der Waals surface area contributed by atoms with Crippen molar-refractivity contribution in [2.24, 2.45) is 7.05 Å². The Bertz CT molecular complexity index is 782. The highest BCUT2D eigenvalue weighted by molar-refractivity contribution is 5.95. The average Bonchev–Trinajstić information content (AvgIpc) is 3.06. The minimum Gasteiger partial charge on any atom is -0.347 e. The van der Waals surface area contributed by atoms with Crippen LogP contribution in [-0.2, 0) is 13.6 Å². The fraction of sp³-hybridized carbons (Fsp3) is 0.294. The van der Waals surface area contributed by atoms with Crippen LogP contribution >= 0.6 is 0 Å². The molecular formula is C17H19N3O. The molecule has 21 heavy (non-hydrogen) atoms. The summed E-state index contributed by atoms with van der Waals surface area (Å²) in [7, 11) is 1.96. The lowest BCUT2D eigenvalue weighted by atomic mass is 10.1. The van der Waals surface area contributed by atoms with Gasteiger partial charge in [-0.15, -0.1) is 0 Å². The van der Waals surface area contributed by atoms with Crippen molar-refractivity contribution in [3.63, 3.8) is 0 Å². The van der Waals surface area contributed by atoms with E-state index in [1.54, 1.807) is 0 Å². The number of hydrogen-bond acceptors (Lipinski definition) is 2. The summed E-state index contributed by atoms with van der Waals surface area (Å²) in [6.07, 6.45) is 5.36. The number of fused-ring (bicyclic) bond motifs is 1. The van der Waals surface area contributed by atoms with Crippen molar-refractivity contribution < 1.29 is 4.79 Å². The summed E-state index contributed by atoms with van der Waals surface area (Å²) in [6, 6.07) is 10.1. The Morgan fingerprint density at radius 1 is 1.24 bits per heavy atom. The summed E-state index contributed by atoms with van der Waals surface area (Å²) in [5.41, 5.74) is 2.94. The average molecular weight is 281 g/mol. The van der Waals surface area contributed by atoms with Crippen LogP contribution in [0.15, 0.2) is 42.7 Å². The molecular weight excluding hydrogens is 262 g/mol. The number of rotatable bonds is 5. The van der Waals surface area contributed by atoms with Crippen molar-refractivity contribution in [2.45, 2.75) is 26.3 Å². The van der Waals surface area contributed by atoms with Crippen LogP contribution in [0.25, 0.3) is 10.9 Å². The van der Waals surface area contributed by atoms with E-state index in [1.807, 2.05) is 53.8 Å². The van der Waals surface area contributed by atoms with E-state index in [0.29, 0.717) is 13.0 Å². The Morgan fingerprint density at radius 2 is 2.05 bits per heavy atom. The predicted molar refractivity (Wildman–Crippen MR) is 83.5 cm³/mol. The Labute approximate surface area is 124 Å². The molecule has 0 amide bonds. The first-order chi connectivity index (χ1) is 10.2. The van der Waals surface area contributed by atoms with Crippen molar-refractivity contribution in [1.82, 2.24) is 14.3 Å². The van der Waals surface area contributed by atoms with E-state index in [-0.39, 0.29) is 5.78 Å². The first kappa shape index (κ1) is 13.6. The maximum absolute atomic E-state index is 11.9. The third-order valence-electron chi connectivity index (χ3n) is 3.72. The Balaban J connectivity index is 1.87. The largest absolute Gasteiger partial charge is 0.347 e. The van der Waals surface area contributed by atoms with Gasteiger partial charge in [-0.2, -0.15) is 5.10 Å². The van der Waals surface area contributed by atoms with E-state index in [9.17, 15) is 4.79 Å². The SMILES string of the molecule is CCCC(=O)c1ccn(Cc2nn(C)c3ccccc23)c1. The summed E-state index contributed by atoms with van der Waals surface area (Å²) < 4.78 is 3.93. The van der Waals surface area contributed by atoms with Gasteiger partial charge in [-0.05, 0) is 18.6 Å². The number of aryl methyl sites for hydroxylation is 1. The van der Waals surface area contributed by atoms with Crippen LogP contribution in [0.2, 0.25) is 0 Å². The molecule has 0 atom stereocenters. The number of hydrogen-bond donors (Lipinski definition) is 0. The summed E-state index contributed by atoms with van der Waals surface area (Å²) in [6.45, 7) is 2.70. The van der Waals surface area contributed by atoms with E-state index in [1.165, 1.54) is 0 Å². The smallest absolute Gasteiger partial charge is 0.164 e. The molecule has 0 aliphatic carbocycles. The monoisotopic (exact) mass is 281 g/mol. The minimum atomic E-state index is 0.210. The highest BCUT2D eigenvalue weighted by Gasteiger charge is 2.10. The molecule has 0 unspecified atom stereocenters. The second kappa shape index (κ2) is 5.56. The molecule has 0 fully saturated rings. The van der Waals surface area contributed by atoms with Gasteiger partial charge in [-0.3, -0.25) is 9.48 Å². The fourth-order valence-electron chi connectivity index (χ4n) is 2.65. The zero-order chi connectivity index (χ0) is 14.8. The van der Waals surface area contributed by atoms with Gasteiger partial charge in [0.05, 0.1) is 17.8 Å². The van der Waals surface area contributed by atoms with Gasteiger partial charge in [0.25, 0.3) is 0 Å². The normalized spacial score (nSPS) is 11.1. The standard InChI is InChI=1S/C17H19N3O/c1-3-6-17(21)13-9-10-20(11-13)12-15-14-7-4-5-8-16(14)19(2)18-15/h4-5,7-11H,3,6,12H2,1-2H3. The highest BCUT2D eigenvalue weighted by Crippen LogP contribution is 2.19. The maximum Gasteiger partial charge on any atom is 0.164 e. The van der Waals surface area contributed by atoms with Gasteiger partial charge in [0, 0.05) is 36.8 Å². The molecule has 3 aromatic rings. The van der Waals surface area contributed by atoms with Crippen molar-refractivity contribution in [3.8, 4) is 0 Å². The summed E-state index contributed by atoms with van der Waals surface area (Å²) in [5.74, 6) is 0.210. The zero-order valence-corrected chi connectivity index (χ0v) is 12.4. The van der Waals surface area contributed by atoms with Crippen LogP contribution in [0.1, 0.15) is 35.8 Å². The number of benzene rings is 1. The van der Waals surface area contributed by atoms with E-state index in [4.69, 9.17) is 0 Å². The van der Waals surface area contributed by atoms with Crippen LogP contribution in [0.3, 0.4) is 0 Å². The van der Waals surface area contributed by atoms with Gasteiger partial charge in [-0.25, -0.2) is 0 Å². The van der Waals surface area contributed by atoms with Gasteiger partial charge in [-0.1, -0.05) is 25.1 Å². The number of Topliss-reactive ketones (excluding diaryl/α,β-unsaturated/α-hetero) is 1. The molecule has 0 N–H and O–H groups in total. The van der Waals surface area contributed by atoms with Crippen molar-refractivity contribution in [2.75, 3.05) is 0 Å². The lowest BCUT2D eigenvalue weighted by molar-refractivity contribution is 0.0981. The number of carbonyl (C=O) groups is 1. The van der Waals surface area contributed by atoms with Gasteiger partial charge >= 0.3 is 0 Å². The second-order valence-electron chi connectivity index (χ2n) is 5.33. The number of ketones is 1. The minimum absolute atomic E-state index is 0.210. The molecule has 3 rings (SSSR count). The first-order valence-corrected chi connectivity index (χ1v) is 7.28. The van der Waals surface area contributed by atoms with E-state index < -0.39 is 0 Å². The maximum atomic E-state index is 11.9. The number of nitrogens with zero attached hydrogens (tertiary/aromatic N) is 3. The van der Waals surface area contributed by atoms with Crippen LogP contribution in [-0.4, -0.2) is 20.1 Å². The molecule has 0 bridgehead atoms. The molecule has 4 heteroatoms.